The summed E-state index contributed by atoms with van der Waals surface area (Å²) in [6, 6.07) is 0. The Hall–Kier alpha value is -3.15. The van der Waals surface area contributed by atoms with E-state index in [2.05, 4.69) is 93.7 Å². The van der Waals surface area contributed by atoms with Gasteiger partial charge in [-0.1, -0.05) is 344 Å². The highest BCUT2D eigenvalue weighted by molar-refractivity contribution is 5.71. The molecule has 0 radical (unpaired) electrons. The highest BCUT2D eigenvalue weighted by atomic mass is 16.6. The fourth-order valence-corrected chi connectivity index (χ4v) is 10.8. The Labute approximate surface area is 516 Å². The molecule has 83 heavy (non-hydrogen) atoms. The minimum absolute atomic E-state index is 0.0742. The zero-order valence-corrected chi connectivity index (χ0v) is 55.5. The minimum Gasteiger partial charge on any atom is -0.462 e. The average Bonchev–Trinajstić information content (AvgIpc) is 3.49. The van der Waals surface area contributed by atoms with Crippen molar-refractivity contribution in [3.05, 3.63) is 72.9 Å². The molecule has 0 aliphatic rings. The Bertz CT molecular complexity index is 1520. The van der Waals surface area contributed by atoms with Crippen LogP contribution in [0.25, 0.3) is 0 Å². The molecule has 0 bridgehead atoms. The highest BCUT2D eigenvalue weighted by Crippen LogP contribution is 2.18. The standard InChI is InChI=1S/C77H138O6/c1-4-7-10-13-15-17-19-21-23-25-27-29-31-33-34-35-36-37-38-39-40-41-42-44-45-47-49-51-53-55-57-59-61-64-67-70-76(79)82-73-74(72-81-75(78)69-66-63-12-9-6-3)83-77(80)71-68-65-62-60-58-56-54-52-50-48-46-43-32-30-28-26-24-22-20-18-16-14-11-8-5-2/h8,11,16,18,22,24-25,27-28,30,43,46,74H,4-7,9-10,12-15,17,19-21,23,26,29,31-42,44-45,47-73H2,1-3H3/b11-8-,18-16-,24-22-,27-25-,30-28-,46-43-. The Morgan fingerprint density at radius 3 is 0.747 bits per heavy atom. The van der Waals surface area contributed by atoms with E-state index in [9.17, 15) is 14.4 Å². The number of hydrogen-bond donors (Lipinski definition) is 0. The van der Waals surface area contributed by atoms with Gasteiger partial charge in [0.25, 0.3) is 0 Å². The van der Waals surface area contributed by atoms with Gasteiger partial charge in [0, 0.05) is 19.3 Å². The Morgan fingerprint density at radius 1 is 0.253 bits per heavy atom. The van der Waals surface area contributed by atoms with E-state index in [-0.39, 0.29) is 31.1 Å². The van der Waals surface area contributed by atoms with Gasteiger partial charge in [0.2, 0.25) is 0 Å². The van der Waals surface area contributed by atoms with Gasteiger partial charge < -0.3 is 14.2 Å². The van der Waals surface area contributed by atoms with Crippen molar-refractivity contribution in [1.82, 2.24) is 0 Å². The van der Waals surface area contributed by atoms with E-state index in [4.69, 9.17) is 14.2 Å². The van der Waals surface area contributed by atoms with Crippen LogP contribution >= 0.6 is 0 Å². The normalized spacial score (nSPS) is 12.5. The molecule has 0 spiro atoms. The molecule has 0 aromatic heterocycles. The summed E-state index contributed by atoms with van der Waals surface area (Å²) in [5.41, 5.74) is 0. The molecule has 0 aromatic carbocycles. The first-order chi connectivity index (χ1) is 41.0. The van der Waals surface area contributed by atoms with Gasteiger partial charge in [-0.3, -0.25) is 14.4 Å². The van der Waals surface area contributed by atoms with Gasteiger partial charge in [-0.2, -0.15) is 0 Å². The van der Waals surface area contributed by atoms with E-state index in [1.807, 2.05) is 0 Å². The monoisotopic (exact) mass is 1160 g/mol. The van der Waals surface area contributed by atoms with Crippen LogP contribution in [-0.2, 0) is 28.6 Å². The average molecular weight is 1160 g/mol. The molecule has 0 saturated heterocycles. The number of carbonyl (C=O) groups is 3. The van der Waals surface area contributed by atoms with Gasteiger partial charge in [0.05, 0.1) is 0 Å². The Morgan fingerprint density at radius 2 is 0.470 bits per heavy atom. The summed E-state index contributed by atoms with van der Waals surface area (Å²) < 4.78 is 16.8. The zero-order chi connectivity index (χ0) is 59.9. The molecule has 0 amide bonds. The van der Waals surface area contributed by atoms with E-state index in [0.29, 0.717) is 19.3 Å². The van der Waals surface area contributed by atoms with Crippen molar-refractivity contribution in [3.8, 4) is 0 Å². The quantitative estimate of drug-likeness (QED) is 0.0261. The molecular formula is C77H138O6. The third kappa shape index (κ3) is 69.5. The number of allylic oxidation sites excluding steroid dienone is 12. The van der Waals surface area contributed by atoms with E-state index in [1.165, 1.54) is 238 Å². The van der Waals surface area contributed by atoms with Crippen molar-refractivity contribution < 1.29 is 28.6 Å². The van der Waals surface area contributed by atoms with Crippen molar-refractivity contribution in [3.63, 3.8) is 0 Å². The molecule has 0 rings (SSSR count). The molecule has 0 saturated carbocycles. The molecule has 6 nitrogen and oxygen atoms in total. The van der Waals surface area contributed by atoms with E-state index >= 15 is 0 Å². The zero-order valence-electron chi connectivity index (χ0n) is 55.5. The van der Waals surface area contributed by atoms with Gasteiger partial charge >= 0.3 is 17.9 Å². The Kier molecular flexibility index (Phi) is 68.6. The second-order valence-corrected chi connectivity index (χ2v) is 24.5. The summed E-state index contributed by atoms with van der Waals surface area (Å²) in [5.74, 6) is -0.877. The van der Waals surface area contributed by atoms with Crippen molar-refractivity contribution in [2.75, 3.05) is 13.2 Å². The summed E-state index contributed by atoms with van der Waals surface area (Å²) in [4.78, 5) is 38.0. The van der Waals surface area contributed by atoms with Crippen LogP contribution in [0.3, 0.4) is 0 Å². The molecule has 0 fully saturated rings. The number of carbonyl (C=O) groups excluding carboxylic acids is 3. The molecule has 482 valence electrons. The highest BCUT2D eigenvalue weighted by Gasteiger charge is 2.19. The van der Waals surface area contributed by atoms with E-state index < -0.39 is 6.10 Å². The van der Waals surface area contributed by atoms with Gasteiger partial charge in [-0.25, -0.2) is 0 Å². The summed E-state index contributed by atoms with van der Waals surface area (Å²) in [6.07, 6.45) is 94.4. The lowest BCUT2D eigenvalue weighted by atomic mass is 10.0. The largest absolute Gasteiger partial charge is 0.462 e. The number of unbranched alkanes of at least 4 members (excludes halogenated alkanes) is 44. The summed E-state index contributed by atoms with van der Waals surface area (Å²) >= 11 is 0. The van der Waals surface area contributed by atoms with Crippen molar-refractivity contribution in [2.24, 2.45) is 0 Å². The van der Waals surface area contributed by atoms with Crippen LogP contribution in [0.2, 0.25) is 0 Å². The SMILES string of the molecule is CC/C=C\C/C=C\C/C=C\C/C=C\C/C=C\CCCCCCCCCCCC(=O)OC(COC(=O)CCCCCCC)COC(=O)CCCCCCCCCCCCCCCCCCCCCCCCC/C=C\CCCCCCCCCC. The fraction of sp³-hybridized carbons (Fsp3) is 0.805. The number of rotatable bonds is 67. The maximum Gasteiger partial charge on any atom is 0.306 e. The van der Waals surface area contributed by atoms with Crippen LogP contribution in [-0.4, -0.2) is 37.2 Å². The molecule has 0 aliphatic carbocycles. The molecule has 0 aromatic rings. The summed E-state index contributed by atoms with van der Waals surface area (Å²) in [5, 5.41) is 0. The predicted octanol–water partition coefficient (Wildman–Crippen LogP) is 25.2. The summed E-state index contributed by atoms with van der Waals surface area (Å²) in [6.45, 7) is 6.49. The molecule has 0 aliphatic heterocycles. The lowest BCUT2D eigenvalue weighted by Crippen LogP contribution is -2.30. The van der Waals surface area contributed by atoms with Crippen LogP contribution < -0.4 is 0 Å². The Balaban J connectivity index is 3.91. The second-order valence-electron chi connectivity index (χ2n) is 24.5. The second kappa shape index (κ2) is 71.3. The van der Waals surface area contributed by atoms with Crippen LogP contribution in [0.15, 0.2) is 72.9 Å². The molecular weight excluding hydrogens is 1020 g/mol. The third-order valence-corrected chi connectivity index (χ3v) is 16.2. The van der Waals surface area contributed by atoms with Gasteiger partial charge in [0.15, 0.2) is 6.10 Å². The molecule has 6 heteroatoms. The lowest BCUT2D eigenvalue weighted by Gasteiger charge is -2.18. The van der Waals surface area contributed by atoms with Crippen LogP contribution in [0.1, 0.15) is 380 Å². The molecule has 0 heterocycles. The third-order valence-electron chi connectivity index (χ3n) is 16.2. The van der Waals surface area contributed by atoms with Crippen LogP contribution in [0, 0.1) is 0 Å². The first-order valence-corrected chi connectivity index (χ1v) is 36.4. The maximum absolute atomic E-state index is 12.9. The predicted molar refractivity (Wildman–Crippen MR) is 362 cm³/mol. The van der Waals surface area contributed by atoms with Crippen molar-refractivity contribution in [2.45, 2.75) is 386 Å². The number of ether oxygens (including phenoxy) is 3. The first kappa shape index (κ1) is 79.8. The topological polar surface area (TPSA) is 78.9 Å². The fourth-order valence-electron chi connectivity index (χ4n) is 10.8. The van der Waals surface area contributed by atoms with Gasteiger partial charge in [-0.15, -0.1) is 0 Å². The summed E-state index contributed by atoms with van der Waals surface area (Å²) in [7, 11) is 0. The van der Waals surface area contributed by atoms with Crippen LogP contribution in [0.4, 0.5) is 0 Å². The van der Waals surface area contributed by atoms with Gasteiger partial charge in [-0.05, 0) is 89.9 Å². The van der Waals surface area contributed by atoms with E-state index in [0.717, 1.165) is 103 Å². The number of esters is 3. The minimum atomic E-state index is -0.775. The number of hydrogen-bond acceptors (Lipinski definition) is 6. The molecule has 1 unspecified atom stereocenters. The lowest BCUT2D eigenvalue weighted by molar-refractivity contribution is -0.167. The van der Waals surface area contributed by atoms with Crippen LogP contribution in [0.5, 0.6) is 0 Å². The first-order valence-electron chi connectivity index (χ1n) is 36.4. The molecule has 1 atom stereocenters. The maximum atomic E-state index is 12.9. The van der Waals surface area contributed by atoms with Crippen molar-refractivity contribution >= 4 is 17.9 Å². The van der Waals surface area contributed by atoms with Crippen molar-refractivity contribution in [1.29, 1.82) is 0 Å². The van der Waals surface area contributed by atoms with Gasteiger partial charge in [0.1, 0.15) is 13.2 Å². The van der Waals surface area contributed by atoms with E-state index in [1.54, 1.807) is 0 Å². The smallest absolute Gasteiger partial charge is 0.306 e. The molecule has 0 N–H and O–H groups in total.